The van der Waals surface area contributed by atoms with E-state index in [9.17, 15) is 35.2 Å². The molecule has 0 saturated heterocycles. The minimum absolute atomic E-state index is 0.0165. The van der Waals surface area contributed by atoms with Crippen molar-refractivity contribution in [3.05, 3.63) is 23.0 Å². The largest absolute Gasteiger partial charge is 0.434 e. The lowest BCUT2D eigenvalue weighted by molar-refractivity contribution is -0.138. The van der Waals surface area contributed by atoms with Crippen LogP contribution in [0.15, 0.2) is 12.3 Å². The topological polar surface area (TPSA) is 115 Å². The van der Waals surface area contributed by atoms with E-state index in [0.29, 0.717) is 38.5 Å². The zero-order valence-corrected chi connectivity index (χ0v) is 24.6. The maximum absolute atomic E-state index is 13.4. The molecule has 9 nitrogen and oxygen atoms in total. The van der Waals surface area contributed by atoms with Gasteiger partial charge in [0.05, 0.1) is 28.0 Å². The van der Waals surface area contributed by atoms with Gasteiger partial charge in [0.15, 0.2) is 5.69 Å². The summed E-state index contributed by atoms with van der Waals surface area (Å²) in [5.74, 6) is -1.20. The van der Waals surface area contributed by atoms with E-state index < -0.39 is 46.7 Å². The number of rotatable bonds is 12. The van der Waals surface area contributed by atoms with E-state index in [1.165, 1.54) is 10.9 Å². The number of ether oxygens (including phenoxy) is 1. The van der Waals surface area contributed by atoms with E-state index in [-0.39, 0.29) is 58.0 Å². The van der Waals surface area contributed by atoms with E-state index in [1.807, 2.05) is 0 Å². The Bertz CT molecular complexity index is 1380. The number of nitrogens with zero attached hydrogens (tertiary/aromatic N) is 3. The predicted octanol–water partition coefficient (Wildman–Crippen LogP) is 5.70. The summed E-state index contributed by atoms with van der Waals surface area (Å²) in [5, 5.41) is 9.22. The molecule has 2 aliphatic rings. The van der Waals surface area contributed by atoms with Crippen molar-refractivity contribution < 1.29 is 39.9 Å². The van der Waals surface area contributed by atoms with E-state index in [0.717, 1.165) is 12.3 Å². The Hall–Kier alpha value is -2.68. The van der Waals surface area contributed by atoms with E-state index in [1.54, 1.807) is 6.92 Å². The lowest BCUT2D eigenvalue weighted by Crippen LogP contribution is -2.34. The molecule has 0 spiro atoms. The Morgan fingerprint density at radius 3 is 2.40 bits per heavy atom. The number of halogens is 6. The average molecular weight is 642 g/mol. The van der Waals surface area contributed by atoms with Gasteiger partial charge in [0.25, 0.3) is 5.91 Å². The molecule has 0 aliphatic heterocycles. The first-order valence-corrected chi connectivity index (χ1v) is 16.0. The number of hydrogen-bond donors (Lipinski definition) is 2. The van der Waals surface area contributed by atoms with Gasteiger partial charge < -0.3 is 15.4 Å². The molecule has 0 bridgehead atoms. The van der Waals surface area contributed by atoms with E-state index >= 15 is 0 Å². The number of carbonyl (C=O) groups excluding carboxylic acids is 1. The van der Waals surface area contributed by atoms with Crippen LogP contribution in [-0.4, -0.2) is 66.0 Å². The average Bonchev–Trinajstić information content (AvgIpc) is 3.69. The third-order valence-electron chi connectivity index (χ3n) is 7.67. The summed E-state index contributed by atoms with van der Waals surface area (Å²) in [7, 11) is -3.12. The number of nitrogens with one attached hydrogen (secondary N) is 2. The number of aryl methyl sites for hydroxylation is 1. The molecule has 234 valence electrons. The number of hydrogen-bond acceptors (Lipinski definition) is 7. The molecule has 1 unspecified atom stereocenters. The highest BCUT2D eigenvalue weighted by Gasteiger charge is 2.40. The summed E-state index contributed by atoms with van der Waals surface area (Å²) >= 11 is 6.56. The van der Waals surface area contributed by atoms with Crippen LogP contribution >= 0.6 is 11.6 Å². The number of amides is 1. The van der Waals surface area contributed by atoms with Crippen molar-refractivity contribution in [1.82, 2.24) is 20.1 Å². The van der Waals surface area contributed by atoms with Crippen LogP contribution in [0.2, 0.25) is 5.02 Å². The predicted molar refractivity (Wildman–Crippen MR) is 147 cm³/mol. The van der Waals surface area contributed by atoms with Crippen molar-refractivity contribution in [2.24, 2.45) is 11.8 Å². The smallest absolute Gasteiger partial charge is 0.391 e. The number of alkyl halides is 5. The van der Waals surface area contributed by atoms with Crippen LogP contribution in [0.25, 0.3) is 11.3 Å². The second-order valence-electron chi connectivity index (χ2n) is 10.9. The number of aromatic nitrogens is 3. The van der Waals surface area contributed by atoms with Gasteiger partial charge in [-0.1, -0.05) is 11.6 Å². The highest BCUT2D eigenvalue weighted by Crippen LogP contribution is 2.41. The van der Waals surface area contributed by atoms with Gasteiger partial charge in [0, 0.05) is 37.7 Å². The number of sulfone groups is 1. The molecule has 2 aromatic heterocycles. The molecule has 2 N–H and O–H groups in total. The second kappa shape index (κ2) is 12.9. The van der Waals surface area contributed by atoms with Crippen molar-refractivity contribution in [2.75, 3.05) is 18.1 Å². The normalized spacial score (nSPS) is 20.4. The van der Waals surface area contributed by atoms with Crippen LogP contribution < -0.4 is 15.4 Å². The van der Waals surface area contributed by atoms with Gasteiger partial charge in [-0.3, -0.25) is 9.48 Å². The first-order valence-electron chi connectivity index (χ1n) is 13.7. The summed E-state index contributed by atoms with van der Waals surface area (Å²) in [6.07, 6.45) is 0.363. The Labute approximate surface area is 245 Å². The van der Waals surface area contributed by atoms with Gasteiger partial charge in [-0.15, -0.1) is 0 Å². The molecule has 2 aromatic rings. The molecule has 1 atom stereocenters. The van der Waals surface area contributed by atoms with Crippen molar-refractivity contribution >= 4 is 33.2 Å². The summed E-state index contributed by atoms with van der Waals surface area (Å²) in [5.41, 5.74) is -0.0821. The third kappa shape index (κ3) is 8.23. The zero-order valence-electron chi connectivity index (χ0n) is 23.1. The minimum Gasteiger partial charge on any atom is -0.434 e. The number of pyridine rings is 1. The van der Waals surface area contributed by atoms with Crippen LogP contribution in [0.1, 0.15) is 62.4 Å². The van der Waals surface area contributed by atoms with Crippen LogP contribution in [0, 0.1) is 11.8 Å². The lowest BCUT2D eigenvalue weighted by Gasteiger charge is -2.27. The van der Waals surface area contributed by atoms with Crippen LogP contribution in [0.3, 0.4) is 0 Å². The molecule has 4 rings (SSSR count). The van der Waals surface area contributed by atoms with Crippen molar-refractivity contribution in [2.45, 2.75) is 82.5 Å². The molecule has 2 fully saturated rings. The second-order valence-corrected chi connectivity index (χ2v) is 13.6. The fraction of sp³-hybridized carbons (Fsp3) is 0.654. The molecule has 0 radical (unpaired) electrons. The molecule has 2 heterocycles. The lowest BCUT2D eigenvalue weighted by atomic mass is 9.89. The van der Waals surface area contributed by atoms with Gasteiger partial charge in [-0.2, -0.15) is 27.1 Å². The Kier molecular flexibility index (Phi) is 9.90. The van der Waals surface area contributed by atoms with E-state index in [4.69, 9.17) is 16.3 Å². The van der Waals surface area contributed by atoms with Crippen LogP contribution in [0.5, 0.6) is 5.75 Å². The highest BCUT2D eigenvalue weighted by atomic mass is 35.5. The molecular weight excluding hydrogens is 609 g/mol. The molecule has 1 amide bonds. The SMILES string of the molecule is CCn1nc(C(=O)NCC2CCC(S(C)(=O)=O)CC2)c(Cl)c1-c1cnc(NC(CC(F)(F)F)C2CC2)cc1OC(F)F. The quantitative estimate of drug-likeness (QED) is 0.286. The van der Waals surface area contributed by atoms with Gasteiger partial charge in [-0.25, -0.2) is 13.4 Å². The molecule has 2 aliphatic carbocycles. The molecule has 16 heteroatoms. The van der Waals surface area contributed by atoms with Gasteiger partial charge in [0.1, 0.15) is 21.4 Å². The van der Waals surface area contributed by atoms with E-state index in [2.05, 4.69) is 20.7 Å². The maximum Gasteiger partial charge on any atom is 0.391 e. The fourth-order valence-electron chi connectivity index (χ4n) is 5.32. The Morgan fingerprint density at radius 1 is 1.19 bits per heavy atom. The monoisotopic (exact) mass is 641 g/mol. The van der Waals surface area contributed by atoms with Crippen molar-refractivity contribution in [1.29, 1.82) is 0 Å². The Morgan fingerprint density at radius 2 is 1.86 bits per heavy atom. The number of carbonyl (C=O) groups is 1. The first kappa shape index (κ1) is 32.2. The van der Waals surface area contributed by atoms with Gasteiger partial charge >= 0.3 is 12.8 Å². The first-order chi connectivity index (χ1) is 19.7. The van der Waals surface area contributed by atoms with Gasteiger partial charge in [-0.05, 0) is 57.3 Å². The van der Waals surface area contributed by atoms with Gasteiger partial charge in [0.2, 0.25) is 0 Å². The molecule has 2 saturated carbocycles. The third-order valence-corrected chi connectivity index (χ3v) is 9.71. The summed E-state index contributed by atoms with van der Waals surface area (Å²) in [6, 6.07) is 0.118. The minimum atomic E-state index is -4.42. The summed E-state index contributed by atoms with van der Waals surface area (Å²) < 4.78 is 95.7. The zero-order chi connectivity index (χ0) is 30.8. The van der Waals surface area contributed by atoms with Crippen molar-refractivity contribution in [3.63, 3.8) is 0 Å². The highest BCUT2D eigenvalue weighted by molar-refractivity contribution is 7.91. The summed E-state index contributed by atoms with van der Waals surface area (Å²) in [4.78, 5) is 17.2. The Balaban J connectivity index is 1.54. The molecule has 42 heavy (non-hydrogen) atoms. The van der Waals surface area contributed by atoms with Crippen LogP contribution in [-0.2, 0) is 16.4 Å². The van der Waals surface area contributed by atoms with Crippen LogP contribution in [0.4, 0.5) is 27.8 Å². The van der Waals surface area contributed by atoms with Crippen molar-refractivity contribution in [3.8, 4) is 17.0 Å². The standard InChI is InChI=1S/C26H33ClF5N5O4S/c1-3-37-23(21(27)22(36-37)24(38)34-12-14-4-8-16(9-5-14)42(2,39)40)17-13-33-20(10-19(17)41-25(28)29)35-18(15-6-7-15)11-26(30,31)32/h10,13-16,18,25H,3-9,11-12H2,1-2H3,(H,33,35)(H,34,38). The number of anilines is 1. The molecular formula is C26H33ClF5N5O4S. The summed E-state index contributed by atoms with van der Waals surface area (Å²) in [6.45, 7) is -1.09. The molecule has 0 aromatic carbocycles. The maximum atomic E-state index is 13.4. The fourth-order valence-corrected chi connectivity index (χ4v) is 6.77.